The summed E-state index contributed by atoms with van der Waals surface area (Å²) in [6.45, 7) is 3.37. The first kappa shape index (κ1) is 15.0. The van der Waals surface area contributed by atoms with Crippen molar-refractivity contribution in [2.75, 3.05) is 10.6 Å². The van der Waals surface area contributed by atoms with Crippen LogP contribution in [0.25, 0.3) is 0 Å². The lowest BCUT2D eigenvalue weighted by Gasteiger charge is -2.10. The zero-order valence-electron chi connectivity index (χ0n) is 13.0. The molecule has 5 nitrogen and oxygen atoms in total. The molecule has 116 valence electrons. The maximum absolute atomic E-state index is 4.51. The second-order valence-corrected chi connectivity index (χ2v) is 5.27. The van der Waals surface area contributed by atoms with Gasteiger partial charge in [0.1, 0.15) is 5.82 Å². The van der Waals surface area contributed by atoms with Crippen LogP contribution in [0.5, 0.6) is 0 Å². The second kappa shape index (κ2) is 7.35. The van der Waals surface area contributed by atoms with E-state index in [1.165, 1.54) is 5.56 Å². The Morgan fingerprint density at radius 3 is 2.30 bits per heavy atom. The standard InChI is InChI=1S/C18H19N5/c1-14-11-17(20-12-16-7-9-19-10-8-16)23-18(22-14)21-13-15-5-3-2-4-6-15/h2-11H,12-13H2,1H3,(H2,20,21,22,23). The van der Waals surface area contributed by atoms with E-state index in [1.54, 1.807) is 12.4 Å². The number of aryl methyl sites for hydroxylation is 1. The summed E-state index contributed by atoms with van der Waals surface area (Å²) in [5.74, 6) is 1.44. The van der Waals surface area contributed by atoms with E-state index in [-0.39, 0.29) is 0 Å². The summed E-state index contributed by atoms with van der Waals surface area (Å²) in [7, 11) is 0. The van der Waals surface area contributed by atoms with Crippen LogP contribution in [-0.2, 0) is 13.1 Å². The number of rotatable bonds is 6. The zero-order chi connectivity index (χ0) is 15.9. The van der Waals surface area contributed by atoms with Gasteiger partial charge in [-0.1, -0.05) is 30.3 Å². The lowest BCUT2D eigenvalue weighted by molar-refractivity contribution is 1.01. The summed E-state index contributed by atoms with van der Waals surface area (Å²) >= 11 is 0. The normalized spacial score (nSPS) is 10.3. The van der Waals surface area contributed by atoms with Crippen LogP contribution in [-0.4, -0.2) is 15.0 Å². The first-order valence-corrected chi connectivity index (χ1v) is 7.56. The molecule has 2 heterocycles. The molecule has 5 heteroatoms. The van der Waals surface area contributed by atoms with Crippen molar-refractivity contribution in [3.8, 4) is 0 Å². The van der Waals surface area contributed by atoms with E-state index in [1.807, 2.05) is 43.3 Å². The molecular formula is C18H19N5. The smallest absolute Gasteiger partial charge is 0.225 e. The number of nitrogens with zero attached hydrogens (tertiary/aromatic N) is 3. The van der Waals surface area contributed by atoms with Gasteiger partial charge in [-0.05, 0) is 30.2 Å². The van der Waals surface area contributed by atoms with Crippen LogP contribution in [0.1, 0.15) is 16.8 Å². The second-order valence-electron chi connectivity index (χ2n) is 5.27. The maximum atomic E-state index is 4.51. The summed E-state index contributed by atoms with van der Waals surface area (Å²) in [5.41, 5.74) is 3.28. The predicted octanol–water partition coefficient (Wildman–Crippen LogP) is 3.40. The van der Waals surface area contributed by atoms with Crippen molar-refractivity contribution in [1.82, 2.24) is 15.0 Å². The van der Waals surface area contributed by atoms with Gasteiger partial charge in [0.05, 0.1) is 0 Å². The number of aromatic nitrogens is 3. The number of benzene rings is 1. The molecule has 0 spiro atoms. The Labute approximate surface area is 135 Å². The monoisotopic (exact) mass is 305 g/mol. The molecule has 2 N–H and O–H groups in total. The molecule has 3 rings (SSSR count). The van der Waals surface area contributed by atoms with E-state index < -0.39 is 0 Å². The minimum atomic E-state index is 0.631. The minimum Gasteiger partial charge on any atom is -0.366 e. The van der Waals surface area contributed by atoms with Gasteiger partial charge < -0.3 is 10.6 Å². The fourth-order valence-electron chi connectivity index (χ4n) is 2.21. The van der Waals surface area contributed by atoms with E-state index in [4.69, 9.17) is 0 Å². The third-order valence-corrected chi connectivity index (χ3v) is 3.37. The van der Waals surface area contributed by atoms with E-state index in [2.05, 4.69) is 37.7 Å². The van der Waals surface area contributed by atoms with Gasteiger partial charge >= 0.3 is 0 Å². The van der Waals surface area contributed by atoms with Crippen LogP contribution in [0.2, 0.25) is 0 Å². The van der Waals surface area contributed by atoms with Gasteiger partial charge in [-0.3, -0.25) is 4.98 Å². The highest BCUT2D eigenvalue weighted by molar-refractivity contribution is 5.43. The molecule has 0 atom stereocenters. The van der Waals surface area contributed by atoms with Crippen molar-refractivity contribution in [2.24, 2.45) is 0 Å². The Balaban J connectivity index is 1.64. The first-order chi connectivity index (χ1) is 11.3. The van der Waals surface area contributed by atoms with Gasteiger partial charge in [-0.15, -0.1) is 0 Å². The minimum absolute atomic E-state index is 0.631. The Hall–Kier alpha value is -2.95. The number of pyridine rings is 1. The maximum Gasteiger partial charge on any atom is 0.225 e. The van der Waals surface area contributed by atoms with E-state index >= 15 is 0 Å². The van der Waals surface area contributed by atoms with Crippen LogP contribution >= 0.6 is 0 Å². The third kappa shape index (κ3) is 4.51. The van der Waals surface area contributed by atoms with Crippen LogP contribution in [0.3, 0.4) is 0 Å². The molecule has 0 aliphatic rings. The molecule has 1 aromatic carbocycles. The highest BCUT2D eigenvalue weighted by Crippen LogP contribution is 2.12. The van der Waals surface area contributed by atoms with Gasteiger partial charge in [0.15, 0.2) is 0 Å². The van der Waals surface area contributed by atoms with Crippen molar-refractivity contribution in [1.29, 1.82) is 0 Å². The summed E-state index contributed by atoms with van der Waals surface area (Å²) in [5, 5.41) is 6.59. The van der Waals surface area contributed by atoms with Gasteiger partial charge in [-0.2, -0.15) is 4.98 Å². The topological polar surface area (TPSA) is 62.7 Å². The molecule has 0 fully saturated rings. The molecule has 0 aliphatic carbocycles. The van der Waals surface area contributed by atoms with Crippen molar-refractivity contribution in [3.05, 3.63) is 77.7 Å². The number of nitrogens with one attached hydrogen (secondary N) is 2. The highest BCUT2D eigenvalue weighted by atomic mass is 15.1. The van der Waals surface area contributed by atoms with Crippen molar-refractivity contribution in [3.63, 3.8) is 0 Å². The lowest BCUT2D eigenvalue weighted by Crippen LogP contribution is -2.08. The number of hydrogen-bond donors (Lipinski definition) is 2. The summed E-state index contributed by atoms with van der Waals surface area (Å²) in [6, 6.07) is 16.1. The van der Waals surface area contributed by atoms with Gasteiger partial charge in [-0.25, -0.2) is 4.98 Å². The SMILES string of the molecule is Cc1cc(NCc2ccncc2)nc(NCc2ccccc2)n1. The van der Waals surface area contributed by atoms with Crippen molar-refractivity contribution < 1.29 is 0 Å². The zero-order valence-corrected chi connectivity index (χ0v) is 13.0. The summed E-state index contributed by atoms with van der Waals surface area (Å²) in [4.78, 5) is 13.0. The molecule has 0 saturated heterocycles. The van der Waals surface area contributed by atoms with Crippen LogP contribution in [0, 0.1) is 6.92 Å². The Morgan fingerprint density at radius 1 is 0.826 bits per heavy atom. The largest absolute Gasteiger partial charge is 0.366 e. The molecule has 0 radical (unpaired) electrons. The molecule has 0 aliphatic heterocycles. The third-order valence-electron chi connectivity index (χ3n) is 3.37. The van der Waals surface area contributed by atoms with Crippen LogP contribution < -0.4 is 10.6 Å². The fraction of sp³-hybridized carbons (Fsp3) is 0.167. The molecule has 3 aromatic rings. The van der Waals surface area contributed by atoms with E-state index in [0.29, 0.717) is 19.0 Å². The Kier molecular flexibility index (Phi) is 4.79. The molecule has 2 aromatic heterocycles. The quantitative estimate of drug-likeness (QED) is 0.731. The lowest BCUT2D eigenvalue weighted by atomic mass is 10.2. The highest BCUT2D eigenvalue weighted by Gasteiger charge is 2.02. The van der Waals surface area contributed by atoms with E-state index in [9.17, 15) is 0 Å². The molecule has 0 bridgehead atoms. The molecular weight excluding hydrogens is 286 g/mol. The molecule has 0 unspecified atom stereocenters. The fourth-order valence-corrected chi connectivity index (χ4v) is 2.21. The van der Waals surface area contributed by atoms with Gasteiger partial charge in [0, 0.05) is 37.2 Å². The average molecular weight is 305 g/mol. The van der Waals surface area contributed by atoms with Gasteiger partial charge in [0.25, 0.3) is 0 Å². The molecule has 0 saturated carbocycles. The summed E-state index contributed by atoms with van der Waals surface area (Å²) < 4.78 is 0. The van der Waals surface area contributed by atoms with Crippen LogP contribution in [0.15, 0.2) is 60.9 Å². The Bertz CT molecular complexity index is 682. The summed E-state index contributed by atoms with van der Waals surface area (Å²) in [6.07, 6.45) is 3.57. The first-order valence-electron chi connectivity index (χ1n) is 7.56. The number of anilines is 2. The van der Waals surface area contributed by atoms with Crippen LogP contribution in [0.4, 0.5) is 11.8 Å². The molecule has 23 heavy (non-hydrogen) atoms. The number of hydrogen-bond acceptors (Lipinski definition) is 5. The predicted molar refractivity (Wildman–Crippen MR) is 92.1 cm³/mol. The van der Waals surface area contributed by atoms with E-state index in [0.717, 1.165) is 17.1 Å². The Morgan fingerprint density at radius 2 is 1.52 bits per heavy atom. The van der Waals surface area contributed by atoms with Crippen molar-refractivity contribution in [2.45, 2.75) is 20.0 Å². The average Bonchev–Trinajstić information content (AvgIpc) is 2.60. The van der Waals surface area contributed by atoms with Crippen molar-refractivity contribution >= 4 is 11.8 Å². The molecule has 0 amide bonds. The van der Waals surface area contributed by atoms with Gasteiger partial charge in [0.2, 0.25) is 5.95 Å².